The first-order valence-corrected chi connectivity index (χ1v) is 8.46. The molecule has 3 rings (SSSR count). The molecule has 1 fully saturated rings. The van der Waals surface area contributed by atoms with Crippen molar-refractivity contribution >= 4 is 29.1 Å². The highest BCUT2D eigenvalue weighted by Gasteiger charge is 2.41. The molecule has 1 aromatic rings. The van der Waals surface area contributed by atoms with Gasteiger partial charge in [0.2, 0.25) is 0 Å². The van der Waals surface area contributed by atoms with Crippen LogP contribution in [0.4, 0.5) is 17.3 Å². The van der Waals surface area contributed by atoms with Crippen molar-refractivity contribution in [1.29, 1.82) is 0 Å². The van der Waals surface area contributed by atoms with E-state index in [1.165, 1.54) is 11.8 Å². The van der Waals surface area contributed by atoms with Gasteiger partial charge >= 0.3 is 0 Å². The highest BCUT2D eigenvalue weighted by Crippen LogP contribution is 2.39. The molecule has 1 aliphatic heterocycles. The first-order chi connectivity index (χ1) is 10.5. The minimum Gasteiger partial charge on any atom is -0.396 e. The fourth-order valence-corrected chi connectivity index (χ4v) is 3.55. The number of hydrogen-bond donors (Lipinski definition) is 5. The number of nitrogens with two attached hydrogens (primary N) is 1. The van der Waals surface area contributed by atoms with Gasteiger partial charge in [-0.05, 0) is 12.7 Å². The number of nitrogens with one attached hydrogen (secondary N) is 1. The third kappa shape index (κ3) is 2.58. The smallest absolute Gasteiger partial charge is 0.191 e. The second-order valence-corrected chi connectivity index (χ2v) is 6.49. The van der Waals surface area contributed by atoms with E-state index in [-0.39, 0.29) is 25.0 Å². The molecular formula is C13H21N5O3S. The van der Waals surface area contributed by atoms with E-state index in [4.69, 9.17) is 5.73 Å². The van der Waals surface area contributed by atoms with Crippen molar-refractivity contribution in [2.45, 2.75) is 36.2 Å². The van der Waals surface area contributed by atoms with E-state index < -0.39 is 12.2 Å². The van der Waals surface area contributed by atoms with Crippen LogP contribution in [0.2, 0.25) is 0 Å². The van der Waals surface area contributed by atoms with E-state index in [0.717, 1.165) is 0 Å². The summed E-state index contributed by atoms with van der Waals surface area (Å²) in [5.41, 5.74) is 6.63. The highest BCUT2D eigenvalue weighted by molar-refractivity contribution is 7.98. The molecule has 1 saturated carbocycles. The quantitative estimate of drug-likeness (QED) is 0.367. The zero-order valence-electron chi connectivity index (χ0n) is 12.3. The molecule has 8 nitrogen and oxygen atoms in total. The predicted molar refractivity (Wildman–Crippen MR) is 84.8 cm³/mol. The maximum absolute atomic E-state index is 10.3. The molecule has 1 aliphatic carbocycles. The minimum atomic E-state index is -0.681. The van der Waals surface area contributed by atoms with Crippen LogP contribution in [-0.4, -0.2) is 63.1 Å². The van der Waals surface area contributed by atoms with Crippen molar-refractivity contribution in [1.82, 2.24) is 9.97 Å². The SMILES string of the molecule is CSc1nc(N)c2c(n1)N(C1CC(CO)C(O)CC1O)CN2. The summed E-state index contributed by atoms with van der Waals surface area (Å²) in [7, 11) is 0. The van der Waals surface area contributed by atoms with Gasteiger partial charge in [-0.25, -0.2) is 9.97 Å². The number of nitrogens with zero attached hydrogens (tertiary/aromatic N) is 3. The van der Waals surface area contributed by atoms with Crippen LogP contribution in [0.25, 0.3) is 0 Å². The van der Waals surface area contributed by atoms with Crippen LogP contribution >= 0.6 is 11.8 Å². The van der Waals surface area contributed by atoms with Gasteiger partial charge in [0, 0.05) is 18.9 Å². The second kappa shape index (κ2) is 6.07. The summed E-state index contributed by atoms with van der Waals surface area (Å²) in [4.78, 5) is 10.6. The Labute approximate surface area is 132 Å². The third-order valence-electron chi connectivity index (χ3n) is 4.43. The molecule has 2 heterocycles. The van der Waals surface area contributed by atoms with Gasteiger partial charge < -0.3 is 31.3 Å². The standard InChI is InChI=1S/C13H21N5O3S/c1-22-13-16-11(14)10-12(17-13)18(5-15-10)7-2-6(4-19)8(20)3-9(7)21/h6-9,15,19-21H,2-5H2,1H3,(H2,14,16,17). The number of fused-ring (bicyclic) bond motifs is 1. The molecule has 4 unspecified atom stereocenters. The monoisotopic (exact) mass is 327 g/mol. The van der Waals surface area contributed by atoms with Gasteiger partial charge in [-0.2, -0.15) is 0 Å². The van der Waals surface area contributed by atoms with Crippen molar-refractivity contribution in [3.8, 4) is 0 Å². The van der Waals surface area contributed by atoms with E-state index in [1.54, 1.807) is 0 Å². The molecule has 4 atom stereocenters. The zero-order valence-corrected chi connectivity index (χ0v) is 13.1. The molecule has 0 saturated heterocycles. The molecule has 2 aliphatic rings. The van der Waals surface area contributed by atoms with Crippen LogP contribution in [0.15, 0.2) is 5.16 Å². The summed E-state index contributed by atoms with van der Waals surface area (Å²) < 4.78 is 0. The molecular weight excluding hydrogens is 306 g/mol. The van der Waals surface area contributed by atoms with Crippen LogP contribution < -0.4 is 16.0 Å². The number of aromatic nitrogens is 2. The van der Waals surface area contributed by atoms with E-state index in [9.17, 15) is 15.3 Å². The molecule has 122 valence electrons. The van der Waals surface area contributed by atoms with Crippen LogP contribution in [0, 0.1) is 5.92 Å². The van der Waals surface area contributed by atoms with Crippen molar-refractivity contribution in [3.63, 3.8) is 0 Å². The normalized spacial score (nSPS) is 31.0. The van der Waals surface area contributed by atoms with Crippen LogP contribution in [0.5, 0.6) is 0 Å². The van der Waals surface area contributed by atoms with Crippen LogP contribution in [0.3, 0.4) is 0 Å². The Morgan fingerprint density at radius 2 is 2.09 bits per heavy atom. The molecule has 0 amide bonds. The fourth-order valence-electron chi connectivity index (χ4n) is 3.18. The lowest BCUT2D eigenvalue weighted by molar-refractivity contribution is -0.0292. The Morgan fingerprint density at radius 1 is 1.32 bits per heavy atom. The van der Waals surface area contributed by atoms with E-state index in [0.29, 0.717) is 35.6 Å². The summed E-state index contributed by atoms with van der Waals surface area (Å²) in [6.07, 6.45) is 1.26. The average Bonchev–Trinajstić information content (AvgIpc) is 2.91. The Balaban J connectivity index is 1.90. The number of rotatable bonds is 3. The largest absolute Gasteiger partial charge is 0.396 e. The summed E-state index contributed by atoms with van der Waals surface area (Å²) in [6, 6.07) is -0.224. The van der Waals surface area contributed by atoms with Crippen molar-refractivity contribution < 1.29 is 15.3 Å². The molecule has 0 bridgehead atoms. The maximum Gasteiger partial charge on any atom is 0.191 e. The minimum absolute atomic E-state index is 0.0967. The molecule has 0 aromatic carbocycles. The van der Waals surface area contributed by atoms with Gasteiger partial charge in [-0.15, -0.1) is 0 Å². The van der Waals surface area contributed by atoms with Gasteiger partial charge in [0.25, 0.3) is 0 Å². The van der Waals surface area contributed by atoms with Crippen molar-refractivity contribution in [2.24, 2.45) is 5.92 Å². The van der Waals surface area contributed by atoms with Crippen LogP contribution in [0.1, 0.15) is 12.8 Å². The topological polar surface area (TPSA) is 128 Å². The van der Waals surface area contributed by atoms with Gasteiger partial charge in [-0.1, -0.05) is 11.8 Å². The Bertz CT molecular complexity index is 561. The van der Waals surface area contributed by atoms with Crippen molar-refractivity contribution in [3.05, 3.63) is 0 Å². The first kappa shape index (κ1) is 15.6. The highest BCUT2D eigenvalue weighted by atomic mass is 32.2. The molecule has 1 aromatic heterocycles. The van der Waals surface area contributed by atoms with E-state index in [1.807, 2.05) is 11.2 Å². The molecule has 0 radical (unpaired) electrons. The van der Waals surface area contributed by atoms with Gasteiger partial charge in [0.1, 0.15) is 5.69 Å². The number of aliphatic hydroxyl groups is 3. The molecule has 9 heteroatoms. The summed E-state index contributed by atoms with van der Waals surface area (Å²) in [6.45, 7) is 0.377. The summed E-state index contributed by atoms with van der Waals surface area (Å²) >= 11 is 1.40. The lowest BCUT2D eigenvalue weighted by Gasteiger charge is -2.40. The predicted octanol–water partition coefficient (Wildman–Crippen LogP) is -0.537. The number of thioether (sulfide) groups is 1. The number of nitrogen functional groups attached to an aromatic ring is 1. The van der Waals surface area contributed by atoms with E-state index in [2.05, 4.69) is 15.3 Å². The Hall–Kier alpha value is -1.29. The Kier molecular flexibility index (Phi) is 4.31. The van der Waals surface area contributed by atoms with Gasteiger partial charge in [-0.3, -0.25) is 0 Å². The molecule has 0 spiro atoms. The Morgan fingerprint density at radius 3 is 2.77 bits per heavy atom. The van der Waals surface area contributed by atoms with Gasteiger partial charge in [0.15, 0.2) is 16.8 Å². The number of anilines is 3. The lowest BCUT2D eigenvalue weighted by Crippen LogP contribution is -2.52. The summed E-state index contributed by atoms with van der Waals surface area (Å²) in [5, 5.41) is 33.4. The molecule has 6 N–H and O–H groups in total. The summed E-state index contributed by atoms with van der Waals surface area (Å²) in [5.74, 6) is 0.825. The maximum atomic E-state index is 10.3. The van der Waals surface area contributed by atoms with E-state index >= 15 is 0 Å². The fraction of sp³-hybridized carbons (Fsp3) is 0.692. The molecule has 22 heavy (non-hydrogen) atoms. The van der Waals surface area contributed by atoms with Gasteiger partial charge in [0.05, 0.1) is 24.9 Å². The number of hydrogen-bond acceptors (Lipinski definition) is 9. The van der Waals surface area contributed by atoms with Crippen LogP contribution in [-0.2, 0) is 0 Å². The third-order valence-corrected chi connectivity index (χ3v) is 4.98. The van der Waals surface area contributed by atoms with Crippen molar-refractivity contribution in [2.75, 3.05) is 35.5 Å². The zero-order chi connectivity index (χ0) is 15.9. The average molecular weight is 327 g/mol. The lowest BCUT2D eigenvalue weighted by atomic mass is 9.81. The number of aliphatic hydroxyl groups excluding tert-OH is 3. The first-order valence-electron chi connectivity index (χ1n) is 7.24. The second-order valence-electron chi connectivity index (χ2n) is 5.71.